The third-order valence-corrected chi connectivity index (χ3v) is 7.28. The van der Waals surface area contributed by atoms with E-state index in [1.54, 1.807) is 44.1 Å². The summed E-state index contributed by atoms with van der Waals surface area (Å²) in [5.41, 5.74) is 4.52. The summed E-state index contributed by atoms with van der Waals surface area (Å²) >= 11 is 1.78. The van der Waals surface area contributed by atoms with E-state index in [0.717, 1.165) is 28.0 Å². The van der Waals surface area contributed by atoms with E-state index in [2.05, 4.69) is 21.4 Å². The molecule has 32 heavy (non-hydrogen) atoms. The number of nitrogens with one attached hydrogen (secondary N) is 1. The number of fused-ring (bicyclic) bond motifs is 6. The van der Waals surface area contributed by atoms with E-state index >= 15 is 0 Å². The standard InChI is InChI=1S/C24H21N5O2S/c1-30-17-7-6-13(10-18(17)31-2)11-27-23-20-19-14-4-3-5-15(14)21(19)32-24(20)29-22(28-23)16-12-25-8-9-26-16/h4,6-10,12,15H,3,5,11H2,1-2H3,(H,27,28,29). The summed E-state index contributed by atoms with van der Waals surface area (Å²) in [6, 6.07) is 5.93. The minimum absolute atomic E-state index is 0.572. The topological polar surface area (TPSA) is 82.0 Å². The highest BCUT2D eigenvalue weighted by Crippen LogP contribution is 2.59. The molecule has 0 fully saturated rings. The molecule has 7 nitrogen and oxygen atoms in total. The van der Waals surface area contributed by atoms with Gasteiger partial charge in [0.15, 0.2) is 17.3 Å². The summed E-state index contributed by atoms with van der Waals surface area (Å²) in [6.45, 7) is 0.597. The van der Waals surface area contributed by atoms with E-state index in [1.807, 2.05) is 18.2 Å². The second-order valence-electron chi connectivity index (χ2n) is 7.84. The molecule has 2 aliphatic carbocycles. The maximum Gasteiger partial charge on any atom is 0.183 e. The molecule has 3 heterocycles. The highest BCUT2D eigenvalue weighted by atomic mass is 32.1. The van der Waals surface area contributed by atoms with Crippen LogP contribution >= 0.6 is 11.3 Å². The first kappa shape index (κ1) is 19.2. The van der Waals surface area contributed by atoms with Gasteiger partial charge in [0.25, 0.3) is 0 Å². The smallest absolute Gasteiger partial charge is 0.183 e. The van der Waals surface area contributed by atoms with Gasteiger partial charge in [-0.3, -0.25) is 4.98 Å². The lowest BCUT2D eigenvalue weighted by atomic mass is 9.80. The second kappa shape index (κ2) is 7.56. The van der Waals surface area contributed by atoms with Gasteiger partial charge >= 0.3 is 0 Å². The Hall–Kier alpha value is -3.52. The molecule has 3 aromatic heterocycles. The predicted molar refractivity (Wildman–Crippen MR) is 125 cm³/mol. The summed E-state index contributed by atoms with van der Waals surface area (Å²) in [5.74, 6) is 3.40. The van der Waals surface area contributed by atoms with Gasteiger partial charge in [-0.2, -0.15) is 0 Å². The number of methoxy groups -OCH3 is 2. The molecule has 0 aliphatic heterocycles. The van der Waals surface area contributed by atoms with Crippen molar-refractivity contribution >= 4 is 32.9 Å². The first-order chi connectivity index (χ1) is 15.8. The van der Waals surface area contributed by atoms with Crippen LogP contribution in [-0.4, -0.2) is 34.2 Å². The molecule has 4 aromatic rings. The Balaban J connectivity index is 1.43. The predicted octanol–water partition coefficient (Wildman–Crippen LogP) is 5.05. The van der Waals surface area contributed by atoms with Crippen LogP contribution in [0.2, 0.25) is 0 Å². The zero-order valence-electron chi connectivity index (χ0n) is 17.8. The Labute approximate surface area is 189 Å². The molecule has 1 N–H and O–H groups in total. The normalized spacial score (nSPS) is 16.2. The van der Waals surface area contributed by atoms with Gasteiger partial charge in [0.2, 0.25) is 0 Å². The van der Waals surface area contributed by atoms with Gasteiger partial charge in [0, 0.05) is 35.3 Å². The minimum Gasteiger partial charge on any atom is -0.493 e. The molecule has 1 unspecified atom stereocenters. The Morgan fingerprint density at radius 1 is 1.12 bits per heavy atom. The summed E-state index contributed by atoms with van der Waals surface area (Å²) in [7, 11) is 3.29. The van der Waals surface area contributed by atoms with E-state index in [-0.39, 0.29) is 0 Å². The van der Waals surface area contributed by atoms with Crippen LogP contribution in [0.1, 0.15) is 34.8 Å². The number of allylic oxidation sites excluding steroid dienone is 2. The largest absolute Gasteiger partial charge is 0.493 e. The van der Waals surface area contributed by atoms with Crippen molar-refractivity contribution in [3.05, 3.63) is 58.9 Å². The number of hydrogen-bond donors (Lipinski definition) is 1. The fourth-order valence-electron chi connectivity index (χ4n) is 4.56. The first-order valence-electron chi connectivity index (χ1n) is 10.5. The number of benzene rings is 1. The van der Waals surface area contributed by atoms with E-state index < -0.39 is 0 Å². The molecule has 6 rings (SSSR count). The Morgan fingerprint density at radius 3 is 2.84 bits per heavy atom. The zero-order valence-corrected chi connectivity index (χ0v) is 18.6. The third-order valence-electron chi connectivity index (χ3n) is 6.08. The molecule has 2 aliphatic rings. The molecule has 0 bridgehead atoms. The Kier molecular flexibility index (Phi) is 4.53. The van der Waals surface area contributed by atoms with E-state index in [0.29, 0.717) is 35.5 Å². The van der Waals surface area contributed by atoms with Crippen molar-refractivity contribution in [2.45, 2.75) is 25.3 Å². The van der Waals surface area contributed by atoms with Gasteiger partial charge in [-0.05, 0) is 36.1 Å². The lowest BCUT2D eigenvalue weighted by Gasteiger charge is -2.26. The first-order valence-corrected chi connectivity index (χ1v) is 11.3. The van der Waals surface area contributed by atoms with Gasteiger partial charge in [-0.25, -0.2) is 15.0 Å². The summed E-state index contributed by atoms with van der Waals surface area (Å²) in [6.07, 6.45) is 9.74. The van der Waals surface area contributed by atoms with Gasteiger partial charge in [-0.15, -0.1) is 11.3 Å². The van der Waals surface area contributed by atoms with Crippen molar-refractivity contribution in [1.29, 1.82) is 0 Å². The van der Waals surface area contributed by atoms with E-state index in [1.165, 1.54) is 22.4 Å². The number of aromatic nitrogens is 4. The van der Waals surface area contributed by atoms with Crippen molar-refractivity contribution in [2.75, 3.05) is 19.5 Å². The van der Waals surface area contributed by atoms with Crippen LogP contribution in [-0.2, 0) is 6.54 Å². The molecule has 160 valence electrons. The fourth-order valence-corrected chi connectivity index (χ4v) is 5.91. The number of ether oxygens (including phenoxy) is 2. The number of anilines is 1. The summed E-state index contributed by atoms with van der Waals surface area (Å²) < 4.78 is 10.8. The Bertz CT molecular complexity index is 1370. The summed E-state index contributed by atoms with van der Waals surface area (Å²) in [4.78, 5) is 20.8. The highest BCUT2D eigenvalue weighted by molar-refractivity contribution is 7.19. The number of thiophene rings is 1. The van der Waals surface area contributed by atoms with Crippen LogP contribution in [0.4, 0.5) is 5.82 Å². The number of rotatable bonds is 6. The average molecular weight is 444 g/mol. The number of hydrogen-bond acceptors (Lipinski definition) is 8. The van der Waals surface area contributed by atoms with Crippen LogP contribution in [0, 0.1) is 0 Å². The fraction of sp³-hybridized carbons (Fsp3) is 0.250. The lowest BCUT2D eigenvalue weighted by molar-refractivity contribution is 0.354. The quantitative estimate of drug-likeness (QED) is 0.446. The van der Waals surface area contributed by atoms with Crippen LogP contribution < -0.4 is 14.8 Å². The molecular weight excluding hydrogens is 422 g/mol. The summed E-state index contributed by atoms with van der Waals surface area (Å²) in [5, 5.41) is 4.67. The molecule has 1 aromatic carbocycles. The average Bonchev–Trinajstić information content (AvgIpc) is 3.40. The maximum atomic E-state index is 5.46. The Morgan fingerprint density at radius 2 is 2.03 bits per heavy atom. The van der Waals surface area contributed by atoms with Gasteiger partial charge in [-0.1, -0.05) is 12.1 Å². The molecule has 0 saturated carbocycles. The SMILES string of the molecule is COc1ccc(CNc2nc(-c3cnccn3)nc3sc4c(c23)C2=CCCC24)cc1OC. The molecule has 0 radical (unpaired) electrons. The number of nitrogens with zero attached hydrogens (tertiary/aromatic N) is 4. The van der Waals surface area contributed by atoms with Crippen LogP contribution in [0.15, 0.2) is 42.9 Å². The molecule has 8 heteroatoms. The second-order valence-corrected chi connectivity index (χ2v) is 8.87. The van der Waals surface area contributed by atoms with Gasteiger partial charge in [0.05, 0.1) is 25.8 Å². The minimum atomic E-state index is 0.572. The van der Waals surface area contributed by atoms with Gasteiger partial charge < -0.3 is 14.8 Å². The van der Waals surface area contributed by atoms with Crippen molar-refractivity contribution in [2.24, 2.45) is 0 Å². The monoisotopic (exact) mass is 443 g/mol. The maximum absolute atomic E-state index is 5.46. The molecule has 0 saturated heterocycles. The van der Waals surface area contributed by atoms with Crippen molar-refractivity contribution < 1.29 is 9.47 Å². The van der Waals surface area contributed by atoms with Crippen molar-refractivity contribution in [3.8, 4) is 23.0 Å². The van der Waals surface area contributed by atoms with Crippen LogP contribution in [0.3, 0.4) is 0 Å². The van der Waals surface area contributed by atoms with Crippen molar-refractivity contribution in [1.82, 2.24) is 19.9 Å². The lowest BCUT2D eigenvalue weighted by Crippen LogP contribution is -2.10. The third kappa shape index (κ3) is 2.94. The van der Waals surface area contributed by atoms with E-state index in [9.17, 15) is 0 Å². The van der Waals surface area contributed by atoms with E-state index in [4.69, 9.17) is 19.4 Å². The molecule has 0 spiro atoms. The molecular formula is C24H21N5O2S. The van der Waals surface area contributed by atoms with Crippen molar-refractivity contribution in [3.63, 3.8) is 0 Å². The van der Waals surface area contributed by atoms with Gasteiger partial charge in [0.1, 0.15) is 16.3 Å². The molecule has 1 atom stereocenters. The zero-order chi connectivity index (χ0) is 21.7. The van der Waals surface area contributed by atoms with Crippen LogP contribution in [0.25, 0.3) is 27.3 Å². The highest BCUT2D eigenvalue weighted by Gasteiger charge is 2.39. The van der Waals surface area contributed by atoms with Crippen LogP contribution in [0.5, 0.6) is 11.5 Å². The molecule has 0 amide bonds.